The summed E-state index contributed by atoms with van der Waals surface area (Å²) in [6, 6.07) is -0.0335. The molecule has 2 aromatic heterocycles. The van der Waals surface area contributed by atoms with Crippen molar-refractivity contribution in [2.45, 2.75) is 18.9 Å². The maximum absolute atomic E-state index is 11.7. The Bertz CT molecular complexity index is 789. The number of anilines is 1. The standard InChI is InChI=1S/C11H15IN6O2S/c1-21(19,20)17-4-2-3-7(5-17)18-11-8(9(12)16-18)10(13)14-6-15-11/h6-7H,2-5H2,1H3,(H2,13,14,15)/t7-/m1/s1. The molecular weight excluding hydrogens is 407 g/mol. The predicted octanol–water partition coefficient (Wildman–Crippen LogP) is 0.610. The topological polar surface area (TPSA) is 107 Å². The molecule has 10 heteroatoms. The van der Waals surface area contributed by atoms with Crippen LogP contribution in [0.1, 0.15) is 18.9 Å². The first kappa shape index (κ1) is 14.9. The number of aromatic nitrogens is 4. The molecule has 0 radical (unpaired) electrons. The molecule has 0 bridgehead atoms. The third-order valence-electron chi connectivity index (χ3n) is 3.65. The zero-order valence-corrected chi connectivity index (χ0v) is 14.4. The quantitative estimate of drug-likeness (QED) is 0.711. The number of fused-ring (bicyclic) bond motifs is 1. The Labute approximate surface area is 135 Å². The molecule has 2 N–H and O–H groups in total. The van der Waals surface area contributed by atoms with E-state index in [0.29, 0.717) is 24.6 Å². The van der Waals surface area contributed by atoms with Crippen molar-refractivity contribution in [3.8, 4) is 0 Å². The Kier molecular flexibility index (Phi) is 3.78. The summed E-state index contributed by atoms with van der Waals surface area (Å²) in [6.07, 6.45) is 4.31. The van der Waals surface area contributed by atoms with Crippen LogP contribution >= 0.6 is 22.6 Å². The van der Waals surface area contributed by atoms with Gasteiger partial charge in [0.15, 0.2) is 5.65 Å². The molecule has 0 aromatic carbocycles. The van der Waals surface area contributed by atoms with E-state index in [1.165, 1.54) is 16.9 Å². The minimum Gasteiger partial charge on any atom is -0.383 e. The third kappa shape index (κ3) is 2.71. The summed E-state index contributed by atoms with van der Waals surface area (Å²) >= 11 is 2.10. The smallest absolute Gasteiger partial charge is 0.211 e. The molecule has 21 heavy (non-hydrogen) atoms. The molecule has 0 saturated carbocycles. The Balaban J connectivity index is 2.03. The number of nitrogens with zero attached hydrogens (tertiary/aromatic N) is 5. The average Bonchev–Trinajstić information content (AvgIpc) is 2.77. The fourth-order valence-electron chi connectivity index (χ4n) is 2.63. The lowest BCUT2D eigenvalue weighted by Gasteiger charge is -2.31. The van der Waals surface area contributed by atoms with Crippen molar-refractivity contribution in [1.29, 1.82) is 0 Å². The highest BCUT2D eigenvalue weighted by molar-refractivity contribution is 14.1. The van der Waals surface area contributed by atoms with Gasteiger partial charge in [0.25, 0.3) is 0 Å². The van der Waals surface area contributed by atoms with Crippen LogP contribution < -0.4 is 5.73 Å². The molecule has 3 rings (SSSR count). The lowest BCUT2D eigenvalue weighted by atomic mass is 10.1. The molecule has 1 fully saturated rings. The number of rotatable bonds is 2. The van der Waals surface area contributed by atoms with Crippen LogP contribution in [0.15, 0.2) is 6.33 Å². The Morgan fingerprint density at radius 1 is 1.43 bits per heavy atom. The summed E-state index contributed by atoms with van der Waals surface area (Å²) in [5.74, 6) is 0.395. The normalized spacial score (nSPS) is 21.0. The van der Waals surface area contributed by atoms with Crippen molar-refractivity contribution >= 4 is 49.5 Å². The van der Waals surface area contributed by atoms with E-state index >= 15 is 0 Å². The van der Waals surface area contributed by atoms with E-state index < -0.39 is 10.0 Å². The van der Waals surface area contributed by atoms with Crippen LogP contribution in [-0.4, -0.2) is 51.8 Å². The monoisotopic (exact) mass is 422 g/mol. The van der Waals surface area contributed by atoms with E-state index in [-0.39, 0.29) is 6.04 Å². The molecule has 1 saturated heterocycles. The third-order valence-corrected chi connectivity index (χ3v) is 5.67. The predicted molar refractivity (Wildman–Crippen MR) is 87.1 cm³/mol. The van der Waals surface area contributed by atoms with Crippen molar-refractivity contribution in [3.63, 3.8) is 0 Å². The van der Waals surface area contributed by atoms with E-state index in [1.54, 1.807) is 4.68 Å². The zero-order chi connectivity index (χ0) is 15.2. The Hall–Kier alpha value is -1.01. The highest BCUT2D eigenvalue weighted by Crippen LogP contribution is 2.29. The Morgan fingerprint density at radius 3 is 2.90 bits per heavy atom. The second-order valence-corrected chi connectivity index (χ2v) is 8.11. The number of piperidine rings is 1. The maximum Gasteiger partial charge on any atom is 0.211 e. The van der Waals surface area contributed by atoms with Crippen molar-refractivity contribution in [1.82, 2.24) is 24.1 Å². The van der Waals surface area contributed by atoms with Crippen LogP contribution in [0.4, 0.5) is 5.82 Å². The molecule has 1 atom stereocenters. The molecule has 0 unspecified atom stereocenters. The highest BCUT2D eigenvalue weighted by Gasteiger charge is 2.29. The van der Waals surface area contributed by atoms with E-state index in [4.69, 9.17) is 5.73 Å². The van der Waals surface area contributed by atoms with Crippen LogP contribution in [0.2, 0.25) is 0 Å². The van der Waals surface area contributed by atoms with Gasteiger partial charge in [-0.15, -0.1) is 0 Å². The molecule has 1 aliphatic rings. The van der Waals surface area contributed by atoms with Gasteiger partial charge in [-0.05, 0) is 35.4 Å². The van der Waals surface area contributed by atoms with Crippen molar-refractivity contribution in [3.05, 3.63) is 10.0 Å². The van der Waals surface area contributed by atoms with Gasteiger partial charge in [-0.2, -0.15) is 5.10 Å². The Morgan fingerprint density at radius 2 is 2.19 bits per heavy atom. The first-order chi connectivity index (χ1) is 9.88. The van der Waals surface area contributed by atoms with Gasteiger partial charge in [0.1, 0.15) is 15.8 Å². The van der Waals surface area contributed by atoms with Gasteiger partial charge in [0, 0.05) is 13.1 Å². The summed E-state index contributed by atoms with van der Waals surface area (Å²) in [6.45, 7) is 0.971. The molecule has 114 valence electrons. The molecule has 0 amide bonds. The lowest BCUT2D eigenvalue weighted by Crippen LogP contribution is -2.40. The molecule has 1 aliphatic heterocycles. The summed E-state index contributed by atoms with van der Waals surface area (Å²) in [5.41, 5.74) is 6.54. The largest absolute Gasteiger partial charge is 0.383 e. The van der Waals surface area contributed by atoms with Gasteiger partial charge in [0.2, 0.25) is 10.0 Å². The highest BCUT2D eigenvalue weighted by atomic mass is 127. The first-order valence-corrected chi connectivity index (χ1v) is 9.40. The van der Waals surface area contributed by atoms with Gasteiger partial charge < -0.3 is 5.73 Å². The number of sulfonamides is 1. The van der Waals surface area contributed by atoms with E-state index in [2.05, 4.69) is 37.7 Å². The van der Waals surface area contributed by atoms with Crippen LogP contribution in [0.25, 0.3) is 11.0 Å². The minimum absolute atomic E-state index is 0.0335. The number of halogens is 1. The van der Waals surface area contributed by atoms with Crippen molar-refractivity contribution < 1.29 is 8.42 Å². The van der Waals surface area contributed by atoms with Crippen molar-refractivity contribution in [2.75, 3.05) is 25.1 Å². The molecule has 0 aliphatic carbocycles. The first-order valence-electron chi connectivity index (χ1n) is 6.47. The molecule has 2 aromatic rings. The van der Waals surface area contributed by atoms with Crippen LogP contribution in [-0.2, 0) is 10.0 Å². The number of hydrogen-bond donors (Lipinski definition) is 1. The molecule has 3 heterocycles. The fraction of sp³-hybridized carbons (Fsp3) is 0.545. The summed E-state index contributed by atoms with van der Waals surface area (Å²) in [4.78, 5) is 8.24. The van der Waals surface area contributed by atoms with Gasteiger partial charge >= 0.3 is 0 Å². The van der Waals surface area contributed by atoms with Gasteiger partial charge in [-0.1, -0.05) is 0 Å². The number of nitrogen functional groups attached to an aromatic ring is 1. The zero-order valence-electron chi connectivity index (χ0n) is 11.4. The van der Waals surface area contributed by atoms with Gasteiger partial charge in [-0.3, -0.25) is 0 Å². The SMILES string of the molecule is CS(=O)(=O)N1CCC[C@@H](n2nc(I)c3c(N)ncnc32)C1. The van der Waals surface area contributed by atoms with E-state index in [0.717, 1.165) is 21.9 Å². The van der Waals surface area contributed by atoms with Crippen LogP contribution in [0.5, 0.6) is 0 Å². The second kappa shape index (κ2) is 5.32. The summed E-state index contributed by atoms with van der Waals surface area (Å²) < 4.78 is 27.5. The second-order valence-electron chi connectivity index (χ2n) is 5.11. The van der Waals surface area contributed by atoms with Crippen LogP contribution in [0, 0.1) is 3.70 Å². The fourth-order valence-corrected chi connectivity index (χ4v) is 4.28. The minimum atomic E-state index is -3.19. The molecular formula is C11H15IN6O2S. The van der Waals surface area contributed by atoms with Gasteiger partial charge in [0.05, 0.1) is 17.7 Å². The van der Waals surface area contributed by atoms with E-state index in [9.17, 15) is 8.42 Å². The van der Waals surface area contributed by atoms with Crippen molar-refractivity contribution in [2.24, 2.45) is 0 Å². The summed E-state index contributed by atoms with van der Waals surface area (Å²) in [7, 11) is -3.19. The molecule has 8 nitrogen and oxygen atoms in total. The van der Waals surface area contributed by atoms with E-state index in [1.807, 2.05) is 0 Å². The van der Waals surface area contributed by atoms with Gasteiger partial charge in [-0.25, -0.2) is 27.4 Å². The average molecular weight is 422 g/mol. The maximum atomic E-state index is 11.7. The summed E-state index contributed by atoms with van der Waals surface area (Å²) in [5, 5.41) is 5.22. The van der Waals surface area contributed by atoms with Crippen LogP contribution in [0.3, 0.4) is 0 Å². The lowest BCUT2D eigenvalue weighted by molar-refractivity contribution is 0.258. The number of hydrogen-bond acceptors (Lipinski definition) is 6. The molecule has 0 spiro atoms. The number of nitrogens with two attached hydrogens (primary N) is 1.